The highest BCUT2D eigenvalue weighted by Gasteiger charge is 2.32. The number of para-hydroxylation sites is 1. The zero-order valence-corrected chi connectivity index (χ0v) is 9.10. The van der Waals surface area contributed by atoms with Crippen LogP contribution in [0.1, 0.15) is 24.4 Å². The number of rotatable bonds is 2. The Labute approximate surface area is 94.4 Å². The summed E-state index contributed by atoms with van der Waals surface area (Å²) in [5.41, 5.74) is 14.1. The van der Waals surface area contributed by atoms with Crippen molar-refractivity contribution in [2.24, 2.45) is 17.4 Å². The van der Waals surface area contributed by atoms with Crippen LogP contribution in [0, 0.1) is 5.92 Å². The maximum absolute atomic E-state index is 6.26. The lowest BCUT2D eigenvalue weighted by Crippen LogP contribution is -2.41. The van der Waals surface area contributed by atoms with Crippen LogP contribution in [0.5, 0.6) is 0 Å². The summed E-state index contributed by atoms with van der Waals surface area (Å²) < 4.78 is 5.50. The van der Waals surface area contributed by atoms with Gasteiger partial charge in [-0.25, -0.2) is 0 Å². The van der Waals surface area contributed by atoms with Crippen LogP contribution in [-0.2, 0) is 0 Å². The van der Waals surface area contributed by atoms with Crippen LogP contribution in [0.4, 0.5) is 0 Å². The van der Waals surface area contributed by atoms with E-state index in [0.29, 0.717) is 12.0 Å². The Bertz CT molecular complexity index is 499. The fourth-order valence-corrected chi connectivity index (χ4v) is 2.51. The molecular formula is C13H16N2O. The molecule has 1 fully saturated rings. The van der Waals surface area contributed by atoms with E-state index < -0.39 is 0 Å². The van der Waals surface area contributed by atoms with Gasteiger partial charge in [-0.1, -0.05) is 18.2 Å². The van der Waals surface area contributed by atoms with E-state index >= 15 is 0 Å². The van der Waals surface area contributed by atoms with Crippen LogP contribution < -0.4 is 11.5 Å². The molecule has 1 atom stereocenters. The minimum absolute atomic E-state index is 0.0587. The van der Waals surface area contributed by atoms with Gasteiger partial charge in [-0.3, -0.25) is 0 Å². The summed E-state index contributed by atoms with van der Waals surface area (Å²) in [6.45, 7) is 0. The van der Waals surface area contributed by atoms with Crippen molar-refractivity contribution in [3.63, 3.8) is 0 Å². The highest BCUT2D eigenvalue weighted by molar-refractivity contribution is 5.81. The van der Waals surface area contributed by atoms with Crippen LogP contribution in [0.25, 0.3) is 11.0 Å². The van der Waals surface area contributed by atoms with Gasteiger partial charge < -0.3 is 15.9 Å². The van der Waals surface area contributed by atoms with Crippen molar-refractivity contribution in [3.05, 3.63) is 36.1 Å². The van der Waals surface area contributed by atoms with Crippen molar-refractivity contribution in [1.82, 2.24) is 0 Å². The van der Waals surface area contributed by atoms with Gasteiger partial charge in [0, 0.05) is 23.0 Å². The van der Waals surface area contributed by atoms with Gasteiger partial charge in [0.1, 0.15) is 5.58 Å². The molecule has 1 aliphatic rings. The predicted octanol–water partition coefficient (Wildman–Crippen LogP) is 2.17. The second-order valence-electron chi connectivity index (χ2n) is 4.70. The lowest BCUT2D eigenvalue weighted by atomic mass is 9.74. The Hall–Kier alpha value is -1.32. The summed E-state index contributed by atoms with van der Waals surface area (Å²) in [5.74, 6) is 0.510. The SMILES string of the molecule is NC1CC(C(N)c2coc3ccccc23)C1. The third-order valence-corrected chi connectivity index (χ3v) is 3.59. The molecule has 0 aliphatic heterocycles. The van der Waals surface area contributed by atoms with E-state index in [1.807, 2.05) is 18.2 Å². The second-order valence-corrected chi connectivity index (χ2v) is 4.70. The van der Waals surface area contributed by atoms with Gasteiger partial charge in [-0.15, -0.1) is 0 Å². The van der Waals surface area contributed by atoms with E-state index in [2.05, 4.69) is 6.07 Å². The minimum Gasteiger partial charge on any atom is -0.464 e. The van der Waals surface area contributed by atoms with Gasteiger partial charge in [0.15, 0.2) is 0 Å². The van der Waals surface area contributed by atoms with Gasteiger partial charge >= 0.3 is 0 Å². The number of hydrogen-bond acceptors (Lipinski definition) is 3. The Morgan fingerprint density at radius 2 is 2.00 bits per heavy atom. The zero-order chi connectivity index (χ0) is 11.1. The second kappa shape index (κ2) is 3.61. The van der Waals surface area contributed by atoms with Crippen LogP contribution in [0.3, 0.4) is 0 Å². The third kappa shape index (κ3) is 1.44. The monoisotopic (exact) mass is 216 g/mol. The lowest BCUT2D eigenvalue weighted by Gasteiger charge is -2.36. The molecule has 1 aliphatic carbocycles. The highest BCUT2D eigenvalue weighted by atomic mass is 16.3. The first-order chi connectivity index (χ1) is 7.75. The van der Waals surface area contributed by atoms with E-state index in [1.54, 1.807) is 6.26 Å². The number of benzene rings is 1. The molecule has 2 aromatic rings. The van der Waals surface area contributed by atoms with Crippen molar-refractivity contribution in [3.8, 4) is 0 Å². The molecule has 3 heteroatoms. The zero-order valence-electron chi connectivity index (χ0n) is 9.10. The molecule has 84 valence electrons. The molecule has 3 nitrogen and oxygen atoms in total. The molecule has 1 aromatic heterocycles. The molecule has 4 N–H and O–H groups in total. The average Bonchev–Trinajstić information content (AvgIpc) is 2.67. The largest absolute Gasteiger partial charge is 0.464 e. The van der Waals surface area contributed by atoms with E-state index in [9.17, 15) is 0 Å². The van der Waals surface area contributed by atoms with Crippen LogP contribution >= 0.6 is 0 Å². The summed E-state index contributed by atoms with van der Waals surface area (Å²) in [4.78, 5) is 0. The number of fused-ring (bicyclic) bond motifs is 1. The summed E-state index contributed by atoms with van der Waals surface area (Å²) in [6, 6.07) is 8.42. The van der Waals surface area contributed by atoms with E-state index in [-0.39, 0.29) is 6.04 Å². The molecule has 0 spiro atoms. The minimum atomic E-state index is 0.0587. The summed E-state index contributed by atoms with van der Waals surface area (Å²) in [5, 5.41) is 1.13. The van der Waals surface area contributed by atoms with Gasteiger partial charge in [-0.2, -0.15) is 0 Å². The molecule has 3 rings (SSSR count). The molecule has 1 saturated carbocycles. The number of hydrogen-bond donors (Lipinski definition) is 2. The van der Waals surface area contributed by atoms with E-state index in [4.69, 9.17) is 15.9 Å². The fraction of sp³-hybridized carbons (Fsp3) is 0.385. The quantitative estimate of drug-likeness (QED) is 0.808. The standard InChI is InChI=1S/C13H16N2O/c14-9-5-8(6-9)13(15)11-7-16-12-4-2-1-3-10(11)12/h1-4,7-9,13H,5-6,14-15H2. The molecule has 0 saturated heterocycles. The van der Waals surface area contributed by atoms with Crippen LogP contribution in [-0.4, -0.2) is 6.04 Å². The first-order valence-electron chi connectivity index (χ1n) is 5.73. The van der Waals surface area contributed by atoms with Crippen molar-refractivity contribution in [1.29, 1.82) is 0 Å². The van der Waals surface area contributed by atoms with Gasteiger partial charge in [0.25, 0.3) is 0 Å². The molecule has 1 heterocycles. The van der Waals surface area contributed by atoms with Crippen molar-refractivity contribution >= 4 is 11.0 Å². The van der Waals surface area contributed by atoms with Crippen LogP contribution in [0.15, 0.2) is 34.9 Å². The summed E-state index contributed by atoms with van der Waals surface area (Å²) in [7, 11) is 0. The number of nitrogens with two attached hydrogens (primary N) is 2. The van der Waals surface area contributed by atoms with Crippen LogP contribution in [0.2, 0.25) is 0 Å². The van der Waals surface area contributed by atoms with E-state index in [1.165, 1.54) is 0 Å². The average molecular weight is 216 g/mol. The Kier molecular flexibility index (Phi) is 2.23. The maximum Gasteiger partial charge on any atom is 0.134 e. The van der Waals surface area contributed by atoms with Crippen molar-refractivity contribution in [2.75, 3.05) is 0 Å². The Morgan fingerprint density at radius 1 is 1.25 bits per heavy atom. The van der Waals surface area contributed by atoms with Gasteiger partial charge in [0.05, 0.1) is 6.26 Å². The summed E-state index contributed by atoms with van der Waals surface area (Å²) >= 11 is 0. The fourth-order valence-electron chi connectivity index (χ4n) is 2.51. The molecule has 16 heavy (non-hydrogen) atoms. The Morgan fingerprint density at radius 3 is 2.75 bits per heavy atom. The lowest BCUT2D eigenvalue weighted by molar-refractivity contribution is 0.224. The predicted molar refractivity (Wildman–Crippen MR) is 63.8 cm³/mol. The summed E-state index contributed by atoms with van der Waals surface area (Å²) in [6.07, 6.45) is 3.85. The van der Waals surface area contributed by atoms with Crippen molar-refractivity contribution in [2.45, 2.75) is 24.9 Å². The molecule has 1 unspecified atom stereocenters. The smallest absolute Gasteiger partial charge is 0.134 e. The topological polar surface area (TPSA) is 65.2 Å². The number of furan rings is 1. The first kappa shape index (κ1) is 9.87. The molecule has 0 bridgehead atoms. The maximum atomic E-state index is 6.26. The Balaban J connectivity index is 1.93. The third-order valence-electron chi connectivity index (χ3n) is 3.59. The normalized spacial score (nSPS) is 26.6. The highest BCUT2D eigenvalue weighted by Crippen LogP contribution is 2.38. The molecule has 1 aromatic carbocycles. The van der Waals surface area contributed by atoms with Gasteiger partial charge in [0.2, 0.25) is 0 Å². The molecule has 0 amide bonds. The van der Waals surface area contributed by atoms with Gasteiger partial charge in [-0.05, 0) is 24.8 Å². The molecular weight excluding hydrogens is 200 g/mol. The first-order valence-corrected chi connectivity index (χ1v) is 5.73. The van der Waals surface area contributed by atoms with Crippen molar-refractivity contribution < 1.29 is 4.42 Å². The molecule has 0 radical (unpaired) electrons. The van der Waals surface area contributed by atoms with E-state index in [0.717, 1.165) is 29.4 Å².